The van der Waals surface area contributed by atoms with Crippen LogP contribution in [-0.4, -0.2) is 23.8 Å². The van der Waals surface area contributed by atoms with Crippen LogP contribution < -0.4 is 15.0 Å². The van der Waals surface area contributed by atoms with Crippen molar-refractivity contribution in [3.63, 3.8) is 0 Å². The SMILES string of the molecule is COc1cc2ncc(=O)n(C)c2cc1OC. The molecule has 0 radical (unpaired) electrons. The highest BCUT2D eigenvalue weighted by Gasteiger charge is 2.08. The number of fused-ring (bicyclic) bond motifs is 1. The summed E-state index contributed by atoms with van der Waals surface area (Å²) in [4.78, 5) is 15.5. The van der Waals surface area contributed by atoms with Gasteiger partial charge in [-0.05, 0) is 0 Å². The molecular weight excluding hydrogens is 208 g/mol. The molecule has 0 fully saturated rings. The Balaban J connectivity index is 2.83. The van der Waals surface area contributed by atoms with Gasteiger partial charge in [0, 0.05) is 19.2 Å². The molecule has 0 unspecified atom stereocenters. The predicted octanol–water partition coefficient (Wildman–Crippen LogP) is 0.951. The topological polar surface area (TPSA) is 53.3 Å². The Kier molecular flexibility index (Phi) is 2.52. The van der Waals surface area contributed by atoms with Crippen LogP contribution in [0.2, 0.25) is 0 Å². The smallest absolute Gasteiger partial charge is 0.269 e. The van der Waals surface area contributed by atoms with E-state index in [1.165, 1.54) is 10.8 Å². The van der Waals surface area contributed by atoms with E-state index in [4.69, 9.17) is 9.47 Å². The van der Waals surface area contributed by atoms with Crippen LogP contribution in [0.15, 0.2) is 23.1 Å². The summed E-state index contributed by atoms with van der Waals surface area (Å²) in [6.07, 6.45) is 1.29. The second kappa shape index (κ2) is 3.84. The molecule has 5 nitrogen and oxygen atoms in total. The highest BCUT2D eigenvalue weighted by molar-refractivity contribution is 5.79. The van der Waals surface area contributed by atoms with E-state index in [2.05, 4.69) is 4.98 Å². The average molecular weight is 220 g/mol. The number of benzene rings is 1. The van der Waals surface area contributed by atoms with E-state index in [0.29, 0.717) is 22.5 Å². The van der Waals surface area contributed by atoms with Gasteiger partial charge in [0.1, 0.15) is 0 Å². The Morgan fingerprint density at radius 3 is 2.44 bits per heavy atom. The minimum Gasteiger partial charge on any atom is -0.493 e. The number of ether oxygens (including phenoxy) is 2. The van der Waals surface area contributed by atoms with Crippen molar-refractivity contribution in [2.45, 2.75) is 0 Å². The maximum Gasteiger partial charge on any atom is 0.269 e. The molecule has 0 atom stereocenters. The van der Waals surface area contributed by atoms with Gasteiger partial charge in [-0.15, -0.1) is 0 Å². The first-order valence-corrected chi connectivity index (χ1v) is 4.75. The molecule has 0 aliphatic heterocycles. The Morgan fingerprint density at radius 1 is 1.19 bits per heavy atom. The van der Waals surface area contributed by atoms with E-state index in [-0.39, 0.29) is 5.56 Å². The fourth-order valence-corrected chi connectivity index (χ4v) is 1.56. The fraction of sp³-hybridized carbons (Fsp3) is 0.273. The highest BCUT2D eigenvalue weighted by atomic mass is 16.5. The Bertz CT molecular complexity index is 590. The first-order valence-electron chi connectivity index (χ1n) is 4.75. The van der Waals surface area contributed by atoms with Crippen molar-refractivity contribution in [2.24, 2.45) is 7.05 Å². The van der Waals surface area contributed by atoms with Crippen LogP contribution in [0, 0.1) is 0 Å². The lowest BCUT2D eigenvalue weighted by molar-refractivity contribution is 0.355. The second-order valence-electron chi connectivity index (χ2n) is 3.35. The first-order chi connectivity index (χ1) is 7.67. The van der Waals surface area contributed by atoms with Crippen molar-refractivity contribution in [3.05, 3.63) is 28.7 Å². The summed E-state index contributed by atoms with van der Waals surface area (Å²) in [6.45, 7) is 0. The number of hydrogen-bond acceptors (Lipinski definition) is 4. The Hall–Kier alpha value is -2.04. The fourth-order valence-electron chi connectivity index (χ4n) is 1.56. The number of aryl methyl sites for hydroxylation is 1. The van der Waals surface area contributed by atoms with Gasteiger partial charge in [-0.2, -0.15) is 0 Å². The zero-order valence-electron chi connectivity index (χ0n) is 9.35. The van der Waals surface area contributed by atoms with Crippen molar-refractivity contribution in [1.82, 2.24) is 9.55 Å². The number of methoxy groups -OCH3 is 2. The number of rotatable bonds is 2. The van der Waals surface area contributed by atoms with E-state index in [1.807, 2.05) is 0 Å². The van der Waals surface area contributed by atoms with Crippen LogP contribution in [-0.2, 0) is 7.05 Å². The maximum atomic E-state index is 11.4. The monoisotopic (exact) mass is 220 g/mol. The molecule has 0 saturated carbocycles. The molecule has 2 rings (SSSR count). The number of nitrogens with zero attached hydrogens (tertiary/aromatic N) is 2. The van der Waals surface area contributed by atoms with Crippen molar-refractivity contribution >= 4 is 11.0 Å². The van der Waals surface area contributed by atoms with Crippen LogP contribution in [0.5, 0.6) is 11.5 Å². The summed E-state index contributed by atoms with van der Waals surface area (Å²) in [5.41, 5.74) is 1.25. The highest BCUT2D eigenvalue weighted by Crippen LogP contribution is 2.30. The van der Waals surface area contributed by atoms with Gasteiger partial charge < -0.3 is 14.0 Å². The maximum absolute atomic E-state index is 11.4. The lowest BCUT2D eigenvalue weighted by atomic mass is 10.2. The molecule has 16 heavy (non-hydrogen) atoms. The van der Waals surface area contributed by atoms with Crippen molar-refractivity contribution in [3.8, 4) is 11.5 Å². The van der Waals surface area contributed by atoms with Crippen LogP contribution in [0.1, 0.15) is 0 Å². The van der Waals surface area contributed by atoms with Gasteiger partial charge in [0.2, 0.25) is 0 Å². The summed E-state index contributed by atoms with van der Waals surface area (Å²) in [7, 11) is 4.81. The molecular formula is C11H12N2O3. The summed E-state index contributed by atoms with van der Waals surface area (Å²) >= 11 is 0. The molecule has 1 aromatic heterocycles. The molecule has 1 heterocycles. The summed E-state index contributed by atoms with van der Waals surface area (Å²) in [6, 6.07) is 3.48. The summed E-state index contributed by atoms with van der Waals surface area (Å²) in [5, 5.41) is 0. The number of hydrogen-bond donors (Lipinski definition) is 0. The van der Waals surface area contributed by atoms with Gasteiger partial charge in [-0.3, -0.25) is 4.79 Å². The Morgan fingerprint density at radius 2 is 1.81 bits per heavy atom. The largest absolute Gasteiger partial charge is 0.493 e. The minimum atomic E-state index is -0.153. The third-order valence-corrected chi connectivity index (χ3v) is 2.49. The average Bonchev–Trinajstić information content (AvgIpc) is 2.32. The van der Waals surface area contributed by atoms with Crippen LogP contribution in [0.3, 0.4) is 0 Å². The van der Waals surface area contributed by atoms with E-state index in [0.717, 1.165) is 0 Å². The first kappa shape index (κ1) is 10.5. The molecule has 1 aromatic carbocycles. The predicted molar refractivity (Wildman–Crippen MR) is 60.1 cm³/mol. The standard InChI is InChI=1S/C11H12N2O3/c1-13-8-5-10(16-3)9(15-2)4-7(8)12-6-11(13)14/h4-6H,1-3H3. The van der Waals surface area contributed by atoms with Gasteiger partial charge in [0.15, 0.2) is 11.5 Å². The molecule has 0 bridgehead atoms. The molecule has 2 aromatic rings. The zero-order chi connectivity index (χ0) is 11.7. The third-order valence-electron chi connectivity index (χ3n) is 2.49. The molecule has 0 amide bonds. The third kappa shape index (κ3) is 1.50. The van der Waals surface area contributed by atoms with E-state index >= 15 is 0 Å². The Labute approximate surface area is 92.2 Å². The van der Waals surface area contributed by atoms with Crippen LogP contribution in [0.25, 0.3) is 11.0 Å². The van der Waals surface area contributed by atoms with E-state index in [1.54, 1.807) is 33.4 Å². The molecule has 5 heteroatoms. The van der Waals surface area contributed by atoms with Crippen molar-refractivity contribution in [2.75, 3.05) is 14.2 Å². The van der Waals surface area contributed by atoms with Gasteiger partial charge in [0.05, 0.1) is 31.4 Å². The summed E-state index contributed by atoms with van der Waals surface area (Å²) < 4.78 is 11.9. The van der Waals surface area contributed by atoms with Gasteiger partial charge in [-0.25, -0.2) is 4.98 Å². The van der Waals surface area contributed by atoms with Crippen molar-refractivity contribution in [1.29, 1.82) is 0 Å². The molecule has 0 spiro atoms. The van der Waals surface area contributed by atoms with E-state index < -0.39 is 0 Å². The molecule has 0 saturated heterocycles. The van der Waals surface area contributed by atoms with Crippen molar-refractivity contribution < 1.29 is 9.47 Å². The molecule has 0 aliphatic rings. The van der Waals surface area contributed by atoms with Crippen LogP contribution >= 0.6 is 0 Å². The van der Waals surface area contributed by atoms with Gasteiger partial charge >= 0.3 is 0 Å². The minimum absolute atomic E-state index is 0.153. The molecule has 84 valence electrons. The van der Waals surface area contributed by atoms with Gasteiger partial charge in [0.25, 0.3) is 5.56 Å². The van der Waals surface area contributed by atoms with Gasteiger partial charge in [-0.1, -0.05) is 0 Å². The van der Waals surface area contributed by atoms with Crippen LogP contribution in [0.4, 0.5) is 0 Å². The normalized spacial score (nSPS) is 10.4. The lowest BCUT2D eigenvalue weighted by Gasteiger charge is -2.10. The molecule has 0 aliphatic carbocycles. The molecule has 0 N–H and O–H groups in total. The second-order valence-corrected chi connectivity index (χ2v) is 3.35. The quantitative estimate of drug-likeness (QED) is 0.756. The lowest BCUT2D eigenvalue weighted by Crippen LogP contribution is -2.16. The zero-order valence-corrected chi connectivity index (χ0v) is 9.35. The number of aromatic nitrogens is 2. The van der Waals surface area contributed by atoms with E-state index in [9.17, 15) is 4.79 Å². The summed E-state index contributed by atoms with van der Waals surface area (Å²) in [5.74, 6) is 1.18.